The monoisotopic (exact) mass is 1030 g/mol. The molecule has 0 radical (unpaired) electrons. The Bertz CT molecular complexity index is 5240. The van der Waals surface area contributed by atoms with Crippen LogP contribution in [0, 0.1) is 22.7 Å². The van der Waals surface area contributed by atoms with Crippen LogP contribution in [0.4, 0.5) is 0 Å². The molecule has 4 heterocycles. The third-order valence-electron chi connectivity index (χ3n) is 17.5. The van der Waals surface area contributed by atoms with Crippen molar-refractivity contribution in [3.8, 4) is 46.0 Å². The lowest BCUT2D eigenvalue weighted by atomic mass is 9.67. The Balaban J connectivity index is 1.19. The summed E-state index contributed by atoms with van der Waals surface area (Å²) in [6, 6.07) is 101. The fourth-order valence-electron chi connectivity index (χ4n) is 14.5. The molecule has 6 nitrogen and oxygen atoms in total. The first-order valence-electron chi connectivity index (χ1n) is 27.5. The Kier molecular flexibility index (Phi) is 9.37. The average molecular weight is 1030 g/mol. The molecule has 0 spiro atoms. The van der Waals surface area contributed by atoms with E-state index in [4.69, 9.17) is 0 Å². The largest absolute Gasteiger partial charge is 0.306 e. The molecule has 0 N–H and O–H groups in total. The molecule has 16 aromatic rings. The van der Waals surface area contributed by atoms with Crippen molar-refractivity contribution in [2.24, 2.45) is 0 Å². The maximum absolute atomic E-state index is 12.6. The number of nitrogens with zero attached hydrogens (tertiary/aromatic N) is 6. The predicted octanol–water partition coefficient (Wildman–Crippen LogP) is 18.2. The Morgan fingerprint density at radius 2 is 0.568 bits per heavy atom. The molecule has 0 saturated heterocycles. The molecule has 374 valence electrons. The molecular weight excluding hydrogens is 985 g/mol. The van der Waals surface area contributed by atoms with Gasteiger partial charge in [-0.25, -0.2) is 0 Å². The van der Waals surface area contributed by atoms with Crippen molar-refractivity contribution >= 4 is 87.2 Å². The number of rotatable bonds is 6. The summed E-state index contributed by atoms with van der Waals surface area (Å²) in [6.45, 7) is 0. The van der Waals surface area contributed by atoms with Gasteiger partial charge in [0.2, 0.25) is 0 Å². The SMILES string of the molecule is N#Cc1c(C#N)c(-n2c3ccccc3c3ccc4c(c32)-c2ccccc2C4(c2ccccc2)c2ccccc2)c(-n2c3ccccc3c3ccccc32)c(-n2c3ccccc3c3ccccc32)c1-n1c2ccccc2c2ccccc21. The van der Waals surface area contributed by atoms with E-state index in [1.165, 1.54) is 5.56 Å². The van der Waals surface area contributed by atoms with Crippen molar-refractivity contribution in [3.05, 3.63) is 300 Å². The van der Waals surface area contributed by atoms with E-state index in [1.54, 1.807) is 0 Å². The highest BCUT2D eigenvalue weighted by Crippen LogP contribution is 2.59. The highest BCUT2D eigenvalue weighted by atomic mass is 15.1. The van der Waals surface area contributed by atoms with Gasteiger partial charge in [0.1, 0.15) is 12.1 Å². The molecule has 1 aliphatic rings. The summed E-state index contributed by atoms with van der Waals surface area (Å²) < 4.78 is 9.42. The Hall–Kier alpha value is -11.2. The fraction of sp³-hybridized carbons (Fsp3) is 0.0133. The van der Waals surface area contributed by atoms with E-state index in [0.717, 1.165) is 126 Å². The Morgan fingerprint density at radius 3 is 0.963 bits per heavy atom. The maximum atomic E-state index is 12.6. The number of para-hydroxylation sites is 7. The first-order valence-corrected chi connectivity index (χ1v) is 27.5. The summed E-state index contributed by atoms with van der Waals surface area (Å²) in [7, 11) is 0. The minimum Gasteiger partial charge on any atom is -0.306 e. The number of benzene rings is 12. The van der Waals surface area contributed by atoms with Crippen LogP contribution in [0.25, 0.3) is 121 Å². The molecule has 1 aliphatic carbocycles. The zero-order valence-electron chi connectivity index (χ0n) is 43.6. The van der Waals surface area contributed by atoms with E-state index >= 15 is 0 Å². The van der Waals surface area contributed by atoms with Crippen molar-refractivity contribution in [2.75, 3.05) is 0 Å². The standard InChI is InChI=1S/C75H44N6/c76-45-58-59(46-77)72(81-68-42-22-14-33-55(68)56-43-44-61-69(70(56)81)57-34-7-15-35-60(57)75(61,47-23-3-1-4-24-47)48-25-5-2-6-26-48)74(80-66-40-20-12-31-53(66)54-32-13-21-41-67(54)80)73(79-64-38-18-10-29-51(64)52-30-11-19-39-65(52)79)71(58)78-62-36-16-8-27-49(62)50-28-9-17-37-63(50)78/h1-44H. The van der Waals surface area contributed by atoms with E-state index < -0.39 is 5.41 Å². The van der Waals surface area contributed by atoms with E-state index in [9.17, 15) is 10.5 Å². The van der Waals surface area contributed by atoms with Gasteiger partial charge in [-0.3, -0.25) is 0 Å². The molecule has 81 heavy (non-hydrogen) atoms. The molecule has 0 bridgehead atoms. The Morgan fingerprint density at radius 1 is 0.259 bits per heavy atom. The van der Waals surface area contributed by atoms with Gasteiger partial charge >= 0.3 is 0 Å². The quantitative estimate of drug-likeness (QED) is 0.167. The number of aromatic nitrogens is 4. The summed E-state index contributed by atoms with van der Waals surface area (Å²) in [5.41, 5.74) is 16.9. The summed E-state index contributed by atoms with van der Waals surface area (Å²) in [5, 5.41) is 33.6. The van der Waals surface area contributed by atoms with Gasteiger partial charge in [-0.05, 0) is 70.3 Å². The van der Waals surface area contributed by atoms with Gasteiger partial charge in [-0.1, -0.05) is 224 Å². The van der Waals surface area contributed by atoms with Crippen LogP contribution in [0.5, 0.6) is 0 Å². The summed E-state index contributed by atoms with van der Waals surface area (Å²) in [4.78, 5) is 0. The number of hydrogen-bond donors (Lipinski definition) is 0. The van der Waals surface area contributed by atoms with Crippen LogP contribution in [0.15, 0.2) is 267 Å². The predicted molar refractivity (Wildman–Crippen MR) is 331 cm³/mol. The van der Waals surface area contributed by atoms with Crippen LogP contribution in [0.3, 0.4) is 0 Å². The van der Waals surface area contributed by atoms with Crippen LogP contribution in [-0.4, -0.2) is 18.3 Å². The van der Waals surface area contributed by atoms with Crippen molar-refractivity contribution in [2.45, 2.75) is 5.41 Å². The van der Waals surface area contributed by atoms with Crippen molar-refractivity contribution in [1.82, 2.24) is 18.3 Å². The second kappa shape index (κ2) is 16.9. The molecule has 0 aliphatic heterocycles. The number of fused-ring (bicyclic) bond motifs is 16. The van der Waals surface area contributed by atoms with E-state index in [2.05, 4.69) is 297 Å². The van der Waals surface area contributed by atoms with E-state index in [1.807, 2.05) is 0 Å². The third kappa shape index (κ3) is 5.82. The fourth-order valence-corrected chi connectivity index (χ4v) is 14.5. The van der Waals surface area contributed by atoms with Gasteiger partial charge < -0.3 is 18.3 Å². The van der Waals surface area contributed by atoms with E-state index in [0.29, 0.717) is 11.4 Å². The first kappa shape index (κ1) is 44.9. The normalized spacial score (nSPS) is 12.8. The lowest BCUT2D eigenvalue weighted by molar-refractivity contribution is 0.769. The summed E-state index contributed by atoms with van der Waals surface area (Å²) in [6.07, 6.45) is 0. The molecule has 4 aromatic heterocycles. The molecule has 0 amide bonds. The maximum Gasteiger partial charge on any atom is 0.103 e. The number of nitriles is 2. The summed E-state index contributed by atoms with van der Waals surface area (Å²) in [5.74, 6) is 0. The zero-order chi connectivity index (χ0) is 53.5. The molecule has 12 aromatic carbocycles. The molecule has 6 heteroatoms. The van der Waals surface area contributed by atoms with Crippen molar-refractivity contribution in [3.63, 3.8) is 0 Å². The van der Waals surface area contributed by atoms with Gasteiger partial charge in [0, 0.05) is 48.7 Å². The smallest absolute Gasteiger partial charge is 0.103 e. The second-order valence-electron chi connectivity index (χ2n) is 21.2. The van der Waals surface area contributed by atoms with Crippen molar-refractivity contribution < 1.29 is 0 Å². The van der Waals surface area contributed by atoms with Gasteiger partial charge in [0.25, 0.3) is 0 Å². The lowest BCUT2D eigenvalue weighted by Gasteiger charge is -2.33. The molecular formula is C75H44N6. The van der Waals surface area contributed by atoms with Gasteiger partial charge in [-0.15, -0.1) is 0 Å². The highest BCUT2D eigenvalue weighted by molar-refractivity contribution is 6.19. The first-order chi connectivity index (χ1) is 40.2. The van der Waals surface area contributed by atoms with E-state index in [-0.39, 0.29) is 11.1 Å². The van der Waals surface area contributed by atoms with Gasteiger partial charge in [0.05, 0.1) is 83.4 Å². The number of hydrogen-bond acceptors (Lipinski definition) is 2. The molecule has 0 fully saturated rings. The topological polar surface area (TPSA) is 67.3 Å². The van der Waals surface area contributed by atoms with Crippen molar-refractivity contribution in [1.29, 1.82) is 10.5 Å². The Labute approximate surface area is 465 Å². The minimum absolute atomic E-state index is 0.264. The summed E-state index contributed by atoms with van der Waals surface area (Å²) >= 11 is 0. The minimum atomic E-state index is -0.718. The van der Waals surface area contributed by atoms with Crippen LogP contribution in [-0.2, 0) is 5.41 Å². The van der Waals surface area contributed by atoms with Gasteiger partial charge in [-0.2, -0.15) is 10.5 Å². The van der Waals surface area contributed by atoms with Crippen LogP contribution in [0.2, 0.25) is 0 Å². The zero-order valence-corrected chi connectivity index (χ0v) is 43.6. The molecule has 0 atom stereocenters. The lowest BCUT2D eigenvalue weighted by Crippen LogP contribution is -2.28. The third-order valence-corrected chi connectivity index (χ3v) is 17.5. The van der Waals surface area contributed by atoms with Gasteiger partial charge in [0.15, 0.2) is 0 Å². The molecule has 0 saturated carbocycles. The van der Waals surface area contributed by atoms with Crippen LogP contribution in [0.1, 0.15) is 33.4 Å². The molecule has 0 unspecified atom stereocenters. The average Bonchev–Trinajstić information content (AvgIpc) is 2.23. The van der Waals surface area contributed by atoms with Crippen LogP contribution < -0.4 is 0 Å². The molecule has 17 rings (SSSR count). The highest BCUT2D eigenvalue weighted by Gasteiger charge is 2.48. The van der Waals surface area contributed by atoms with Crippen LogP contribution >= 0.6 is 0 Å². The second-order valence-corrected chi connectivity index (χ2v) is 21.2.